The van der Waals surface area contributed by atoms with Crippen molar-refractivity contribution in [2.75, 3.05) is 13.1 Å². The molecule has 0 amide bonds. The second-order valence-electron chi connectivity index (χ2n) is 4.58. The lowest BCUT2D eigenvalue weighted by Crippen LogP contribution is -2.46. The Morgan fingerprint density at radius 1 is 1.56 bits per heavy atom. The predicted molar refractivity (Wildman–Crippen MR) is 62.1 cm³/mol. The first-order valence-corrected chi connectivity index (χ1v) is 5.71. The van der Waals surface area contributed by atoms with E-state index in [9.17, 15) is 9.18 Å². The zero-order valence-corrected chi connectivity index (χ0v) is 9.77. The first kappa shape index (κ1) is 12.5. The molecule has 0 unspecified atom stereocenters. The van der Waals surface area contributed by atoms with Gasteiger partial charge in [-0.15, -0.1) is 0 Å². The van der Waals surface area contributed by atoms with E-state index in [1.54, 1.807) is 6.07 Å². The summed E-state index contributed by atoms with van der Waals surface area (Å²) in [5.74, 6) is -0.960. The molecule has 1 fully saturated rings. The van der Waals surface area contributed by atoms with E-state index in [0.717, 1.165) is 0 Å². The third kappa shape index (κ3) is 2.84. The Kier molecular flexibility index (Phi) is 3.58. The summed E-state index contributed by atoms with van der Waals surface area (Å²) in [5, 5.41) is 17.4. The minimum absolute atomic E-state index is 0.157. The van der Waals surface area contributed by atoms with E-state index in [4.69, 9.17) is 10.4 Å². The van der Waals surface area contributed by atoms with Crippen molar-refractivity contribution in [1.82, 2.24) is 4.90 Å². The van der Waals surface area contributed by atoms with Crippen LogP contribution in [0.1, 0.15) is 17.5 Å². The highest BCUT2D eigenvalue weighted by Gasteiger charge is 2.28. The van der Waals surface area contributed by atoms with Gasteiger partial charge in [0.05, 0.1) is 18.1 Å². The Balaban J connectivity index is 1.92. The molecule has 1 aromatic carbocycles. The van der Waals surface area contributed by atoms with E-state index in [1.807, 2.05) is 11.0 Å². The van der Waals surface area contributed by atoms with Gasteiger partial charge in [-0.3, -0.25) is 9.69 Å². The fourth-order valence-corrected chi connectivity index (χ4v) is 2.19. The predicted octanol–water partition coefficient (Wildman–Crippen LogP) is 1.60. The van der Waals surface area contributed by atoms with Crippen LogP contribution >= 0.6 is 0 Å². The van der Waals surface area contributed by atoms with Crippen LogP contribution in [0.2, 0.25) is 0 Å². The monoisotopic (exact) mass is 248 g/mol. The van der Waals surface area contributed by atoms with Gasteiger partial charge in [-0.2, -0.15) is 5.26 Å². The molecule has 0 spiro atoms. The zero-order chi connectivity index (χ0) is 13.1. The standard InChI is InChI=1S/C13H13FN2O2/c14-12-2-1-9(5-15)3-11(12)8-16-6-10(7-16)4-13(17)18/h1-3,10H,4,6-8H2,(H,17,18). The molecule has 0 bridgehead atoms. The van der Waals surface area contributed by atoms with Crippen molar-refractivity contribution in [3.05, 3.63) is 35.1 Å². The first-order chi connectivity index (χ1) is 8.58. The van der Waals surface area contributed by atoms with Gasteiger partial charge in [0.25, 0.3) is 0 Å². The molecule has 1 aliphatic rings. The Hall–Kier alpha value is -1.93. The van der Waals surface area contributed by atoms with E-state index in [0.29, 0.717) is 30.8 Å². The fourth-order valence-electron chi connectivity index (χ4n) is 2.19. The number of halogens is 1. The molecule has 18 heavy (non-hydrogen) atoms. The number of likely N-dealkylation sites (tertiary alicyclic amines) is 1. The Bertz CT molecular complexity index is 504. The molecule has 0 saturated carbocycles. The van der Waals surface area contributed by atoms with Gasteiger partial charge in [-0.05, 0) is 24.1 Å². The number of carboxylic acid groups (broad SMARTS) is 1. The SMILES string of the molecule is N#Cc1ccc(F)c(CN2CC(CC(=O)O)C2)c1. The van der Waals surface area contributed by atoms with E-state index in [1.165, 1.54) is 12.1 Å². The van der Waals surface area contributed by atoms with E-state index in [2.05, 4.69) is 0 Å². The molecule has 5 heteroatoms. The molecule has 1 aromatic rings. The van der Waals surface area contributed by atoms with Crippen LogP contribution in [0, 0.1) is 23.1 Å². The van der Waals surface area contributed by atoms with Crippen LogP contribution in [0.4, 0.5) is 4.39 Å². The van der Waals surface area contributed by atoms with Gasteiger partial charge in [0.2, 0.25) is 0 Å². The maximum Gasteiger partial charge on any atom is 0.303 e. The van der Waals surface area contributed by atoms with Gasteiger partial charge in [-0.1, -0.05) is 0 Å². The molecule has 0 aliphatic carbocycles. The van der Waals surface area contributed by atoms with Gasteiger partial charge >= 0.3 is 5.97 Å². The van der Waals surface area contributed by atoms with Gasteiger partial charge in [0.1, 0.15) is 5.82 Å². The number of hydrogen-bond acceptors (Lipinski definition) is 3. The number of carbonyl (C=O) groups is 1. The van der Waals surface area contributed by atoms with Crippen LogP contribution in [0.15, 0.2) is 18.2 Å². The average Bonchev–Trinajstić information content (AvgIpc) is 2.28. The summed E-state index contributed by atoms with van der Waals surface area (Å²) in [7, 11) is 0. The van der Waals surface area contributed by atoms with Gasteiger partial charge in [0.15, 0.2) is 0 Å². The summed E-state index contributed by atoms with van der Waals surface area (Å²) < 4.78 is 13.5. The number of nitriles is 1. The summed E-state index contributed by atoms with van der Waals surface area (Å²) in [6.45, 7) is 1.77. The van der Waals surface area contributed by atoms with Gasteiger partial charge in [0, 0.05) is 25.2 Å². The van der Waals surface area contributed by atoms with Crippen molar-refractivity contribution in [2.45, 2.75) is 13.0 Å². The Labute approximate surface area is 104 Å². The highest BCUT2D eigenvalue weighted by atomic mass is 19.1. The average molecular weight is 248 g/mol. The number of hydrogen-bond donors (Lipinski definition) is 1. The van der Waals surface area contributed by atoms with Crippen LogP contribution in [0.5, 0.6) is 0 Å². The van der Waals surface area contributed by atoms with Crippen molar-refractivity contribution >= 4 is 5.97 Å². The van der Waals surface area contributed by atoms with Crippen LogP contribution in [0.25, 0.3) is 0 Å². The summed E-state index contributed by atoms with van der Waals surface area (Å²) >= 11 is 0. The highest BCUT2D eigenvalue weighted by Crippen LogP contribution is 2.22. The Morgan fingerprint density at radius 3 is 2.89 bits per heavy atom. The number of nitrogens with zero attached hydrogens (tertiary/aromatic N) is 2. The number of aliphatic carboxylic acids is 1. The molecule has 1 aliphatic heterocycles. The summed E-state index contributed by atoms with van der Waals surface area (Å²) in [6.07, 6.45) is 0.164. The summed E-state index contributed by atoms with van der Waals surface area (Å²) in [4.78, 5) is 12.5. The number of carboxylic acids is 1. The minimum Gasteiger partial charge on any atom is -0.481 e. The van der Waals surface area contributed by atoms with Crippen LogP contribution in [-0.4, -0.2) is 29.1 Å². The van der Waals surface area contributed by atoms with Gasteiger partial charge < -0.3 is 5.11 Å². The summed E-state index contributed by atoms with van der Waals surface area (Å²) in [5.41, 5.74) is 0.928. The van der Waals surface area contributed by atoms with E-state index < -0.39 is 5.97 Å². The second kappa shape index (κ2) is 5.15. The third-order valence-corrected chi connectivity index (χ3v) is 3.06. The zero-order valence-electron chi connectivity index (χ0n) is 9.77. The molecule has 0 radical (unpaired) electrons. The molecule has 4 nitrogen and oxygen atoms in total. The van der Waals surface area contributed by atoms with Crippen molar-refractivity contribution in [3.63, 3.8) is 0 Å². The molecular formula is C13H13FN2O2. The van der Waals surface area contributed by atoms with Crippen LogP contribution < -0.4 is 0 Å². The van der Waals surface area contributed by atoms with Crippen molar-refractivity contribution in [2.24, 2.45) is 5.92 Å². The summed E-state index contributed by atoms with van der Waals surface area (Å²) in [6, 6.07) is 6.26. The third-order valence-electron chi connectivity index (χ3n) is 3.06. The molecule has 1 saturated heterocycles. The quantitative estimate of drug-likeness (QED) is 0.879. The minimum atomic E-state index is -0.794. The van der Waals surface area contributed by atoms with E-state index >= 15 is 0 Å². The smallest absolute Gasteiger partial charge is 0.303 e. The second-order valence-corrected chi connectivity index (χ2v) is 4.58. The maximum absolute atomic E-state index is 13.5. The van der Waals surface area contributed by atoms with Crippen LogP contribution in [-0.2, 0) is 11.3 Å². The number of benzene rings is 1. The first-order valence-electron chi connectivity index (χ1n) is 5.71. The lowest BCUT2D eigenvalue weighted by atomic mass is 9.95. The largest absolute Gasteiger partial charge is 0.481 e. The molecule has 1 heterocycles. The van der Waals surface area contributed by atoms with E-state index in [-0.39, 0.29) is 18.2 Å². The lowest BCUT2D eigenvalue weighted by Gasteiger charge is -2.38. The molecule has 94 valence electrons. The molecule has 1 N–H and O–H groups in total. The van der Waals surface area contributed by atoms with Gasteiger partial charge in [-0.25, -0.2) is 4.39 Å². The van der Waals surface area contributed by atoms with Crippen molar-refractivity contribution < 1.29 is 14.3 Å². The van der Waals surface area contributed by atoms with Crippen molar-refractivity contribution in [3.8, 4) is 6.07 Å². The lowest BCUT2D eigenvalue weighted by molar-refractivity contribution is -0.139. The highest BCUT2D eigenvalue weighted by molar-refractivity contribution is 5.67. The molecule has 0 atom stereocenters. The molecular weight excluding hydrogens is 235 g/mol. The maximum atomic E-state index is 13.5. The normalized spacial score (nSPS) is 16.0. The van der Waals surface area contributed by atoms with Crippen LogP contribution in [0.3, 0.4) is 0 Å². The Morgan fingerprint density at radius 2 is 2.28 bits per heavy atom. The number of rotatable bonds is 4. The fraction of sp³-hybridized carbons (Fsp3) is 0.385. The molecule has 0 aromatic heterocycles. The topological polar surface area (TPSA) is 64.3 Å². The van der Waals surface area contributed by atoms with Crippen molar-refractivity contribution in [1.29, 1.82) is 5.26 Å². The molecule has 2 rings (SSSR count).